The molecular weight excluding hydrogens is 507 g/mol. The lowest BCUT2D eigenvalue weighted by atomic mass is 10.1. The predicted octanol–water partition coefficient (Wildman–Crippen LogP) is 2.29. The van der Waals surface area contributed by atoms with E-state index in [0.29, 0.717) is 12.8 Å². The zero-order valence-electron chi connectivity index (χ0n) is 18.0. The molecule has 3 heterocycles. The summed E-state index contributed by atoms with van der Waals surface area (Å²) in [7, 11) is -4.12. The Morgan fingerprint density at radius 1 is 1.15 bits per heavy atom. The van der Waals surface area contributed by atoms with Crippen molar-refractivity contribution >= 4 is 51.0 Å². The molecule has 0 spiro atoms. The van der Waals surface area contributed by atoms with E-state index in [4.69, 9.17) is 27.9 Å². The average Bonchev–Trinajstić information content (AvgIpc) is 2.83. The summed E-state index contributed by atoms with van der Waals surface area (Å²) in [6, 6.07) is 7.02. The Morgan fingerprint density at radius 3 is 2.56 bits per heavy atom. The summed E-state index contributed by atoms with van der Waals surface area (Å²) in [5.41, 5.74) is 0.0607. The third-order valence-corrected chi connectivity index (χ3v) is 8.31. The minimum absolute atomic E-state index is 0.0324. The molecule has 1 saturated heterocycles. The van der Waals surface area contributed by atoms with Gasteiger partial charge in [-0.2, -0.15) is 12.7 Å². The number of carbonyl (C=O) groups is 1. The van der Waals surface area contributed by atoms with Gasteiger partial charge in [-0.15, -0.1) is 0 Å². The number of fused-ring (bicyclic) bond motifs is 1. The zero-order valence-corrected chi connectivity index (χ0v) is 20.4. The van der Waals surface area contributed by atoms with Crippen LogP contribution in [0.4, 0.5) is 11.6 Å². The van der Waals surface area contributed by atoms with Gasteiger partial charge in [-0.3, -0.25) is 4.79 Å². The second-order valence-corrected chi connectivity index (χ2v) is 10.6. The molecule has 2 atom stereocenters. The highest BCUT2D eigenvalue weighted by atomic mass is 35.5. The second-order valence-electron chi connectivity index (χ2n) is 7.97. The Kier molecular flexibility index (Phi) is 7.51. The molecule has 0 aliphatic carbocycles. The van der Waals surface area contributed by atoms with Gasteiger partial charge in [0, 0.05) is 12.6 Å². The quantitative estimate of drug-likeness (QED) is 0.521. The number of carbonyl (C=O) groups excluding carboxylic acids is 1. The summed E-state index contributed by atoms with van der Waals surface area (Å²) < 4.78 is 35.2. The van der Waals surface area contributed by atoms with Crippen molar-refractivity contribution in [3.63, 3.8) is 0 Å². The van der Waals surface area contributed by atoms with Crippen molar-refractivity contribution in [2.75, 3.05) is 35.9 Å². The van der Waals surface area contributed by atoms with E-state index in [1.54, 1.807) is 6.07 Å². The molecule has 4 rings (SSSR count). The number of amides is 1. The van der Waals surface area contributed by atoms with Crippen LogP contribution in [0.3, 0.4) is 0 Å². The fraction of sp³-hybridized carbons (Fsp3) is 0.429. The van der Waals surface area contributed by atoms with Crippen LogP contribution in [-0.2, 0) is 10.2 Å². The molecule has 2 aromatic rings. The van der Waals surface area contributed by atoms with Gasteiger partial charge in [-0.1, -0.05) is 35.7 Å². The van der Waals surface area contributed by atoms with Crippen LogP contribution >= 0.6 is 23.2 Å². The minimum atomic E-state index is -4.12. The first-order valence-electron chi connectivity index (χ1n) is 10.7. The highest BCUT2D eigenvalue weighted by Crippen LogP contribution is 2.37. The first-order valence-corrected chi connectivity index (χ1v) is 12.9. The van der Waals surface area contributed by atoms with Gasteiger partial charge in [0.2, 0.25) is 0 Å². The van der Waals surface area contributed by atoms with E-state index in [-0.39, 0.29) is 52.7 Å². The number of ether oxygens (including phenoxy) is 1. The molecule has 0 unspecified atom stereocenters. The lowest BCUT2D eigenvalue weighted by molar-refractivity contribution is 0.102. The summed E-state index contributed by atoms with van der Waals surface area (Å²) in [4.78, 5) is 17.1. The maximum absolute atomic E-state index is 13.6. The maximum Gasteiger partial charge on any atom is 0.305 e. The van der Waals surface area contributed by atoms with E-state index in [1.807, 2.05) is 0 Å². The molecule has 2 aliphatic rings. The molecule has 184 valence electrons. The summed E-state index contributed by atoms with van der Waals surface area (Å²) in [6.45, 7) is -0.632. The number of nitrogens with one attached hydrogen (secondary N) is 1. The number of aromatic nitrogens is 1. The summed E-state index contributed by atoms with van der Waals surface area (Å²) in [6.07, 6.45) is 1.22. The van der Waals surface area contributed by atoms with Gasteiger partial charge in [-0.25, -0.2) is 9.29 Å². The second kappa shape index (κ2) is 10.2. The molecule has 1 aromatic heterocycles. The fourth-order valence-electron chi connectivity index (χ4n) is 4.04. The van der Waals surface area contributed by atoms with E-state index in [2.05, 4.69) is 10.3 Å². The van der Waals surface area contributed by atoms with Gasteiger partial charge >= 0.3 is 10.2 Å². The van der Waals surface area contributed by atoms with Crippen LogP contribution in [0.15, 0.2) is 30.3 Å². The molecule has 0 radical (unpaired) electrons. The minimum Gasteiger partial charge on any atom is -0.482 e. The number of piperidine rings is 1. The Bertz CT molecular complexity index is 1160. The fourth-order valence-corrected chi connectivity index (χ4v) is 6.48. The van der Waals surface area contributed by atoms with Crippen LogP contribution in [0.25, 0.3) is 0 Å². The molecule has 1 fully saturated rings. The van der Waals surface area contributed by atoms with E-state index >= 15 is 0 Å². The Hall–Kier alpha value is -2.15. The van der Waals surface area contributed by atoms with E-state index < -0.39 is 34.9 Å². The number of pyridine rings is 1. The number of halogens is 2. The number of aliphatic hydroxyl groups excluding tert-OH is 2. The van der Waals surface area contributed by atoms with Gasteiger partial charge in [0.1, 0.15) is 11.9 Å². The van der Waals surface area contributed by atoms with Gasteiger partial charge < -0.3 is 20.3 Å². The number of hydrogen-bond donors (Lipinski definition) is 3. The van der Waals surface area contributed by atoms with Crippen molar-refractivity contribution in [1.82, 2.24) is 9.29 Å². The normalized spacial score (nSPS) is 21.0. The van der Waals surface area contributed by atoms with Gasteiger partial charge in [0.05, 0.1) is 35.4 Å². The average molecular weight is 531 g/mol. The van der Waals surface area contributed by atoms with Crippen molar-refractivity contribution in [3.8, 4) is 5.75 Å². The first-order chi connectivity index (χ1) is 16.3. The monoisotopic (exact) mass is 530 g/mol. The maximum atomic E-state index is 13.6. The molecule has 1 amide bonds. The number of benzene rings is 1. The van der Waals surface area contributed by atoms with E-state index in [0.717, 1.165) is 10.7 Å². The molecular formula is C21H24Cl2N4O6S. The smallest absolute Gasteiger partial charge is 0.305 e. The van der Waals surface area contributed by atoms with Crippen LogP contribution in [0.1, 0.15) is 29.6 Å². The van der Waals surface area contributed by atoms with Crippen molar-refractivity contribution in [2.24, 2.45) is 0 Å². The third kappa shape index (κ3) is 4.81. The molecule has 0 bridgehead atoms. The van der Waals surface area contributed by atoms with Gasteiger partial charge in [-0.05, 0) is 37.1 Å². The Balaban J connectivity index is 1.69. The highest BCUT2D eigenvalue weighted by molar-refractivity contribution is 7.90. The molecule has 0 saturated carbocycles. The van der Waals surface area contributed by atoms with E-state index in [1.165, 1.54) is 28.6 Å². The molecule has 1 aromatic carbocycles. The zero-order chi connectivity index (χ0) is 24.5. The molecule has 10 nitrogen and oxygen atoms in total. The number of rotatable bonds is 6. The SMILES string of the molecule is O=C(Nc1ccc2c(n1)N(S(=O)(=O)N1CCCC[C@@H]1CO)C[C@H](CO)O2)c1c(Cl)cccc1Cl. The summed E-state index contributed by atoms with van der Waals surface area (Å²) >= 11 is 12.2. The summed E-state index contributed by atoms with van der Waals surface area (Å²) in [5.74, 6) is -0.447. The lowest BCUT2D eigenvalue weighted by Crippen LogP contribution is -2.55. The van der Waals surface area contributed by atoms with Crippen molar-refractivity contribution in [2.45, 2.75) is 31.4 Å². The lowest BCUT2D eigenvalue weighted by Gasteiger charge is -2.40. The third-order valence-electron chi connectivity index (χ3n) is 5.73. The molecule has 2 aliphatic heterocycles. The Morgan fingerprint density at radius 2 is 1.88 bits per heavy atom. The van der Waals surface area contributed by atoms with Crippen molar-refractivity contribution < 1.29 is 28.2 Å². The molecule has 34 heavy (non-hydrogen) atoms. The van der Waals surface area contributed by atoms with Crippen LogP contribution in [0.5, 0.6) is 5.75 Å². The number of hydrogen-bond acceptors (Lipinski definition) is 7. The van der Waals surface area contributed by atoms with Crippen LogP contribution in [0, 0.1) is 0 Å². The topological polar surface area (TPSA) is 132 Å². The summed E-state index contributed by atoms with van der Waals surface area (Å²) in [5, 5.41) is 22.3. The van der Waals surface area contributed by atoms with E-state index in [9.17, 15) is 23.4 Å². The first kappa shape index (κ1) is 25.0. The number of nitrogens with zero attached hydrogens (tertiary/aromatic N) is 3. The number of anilines is 2. The van der Waals surface area contributed by atoms with Crippen LogP contribution in [-0.4, -0.2) is 72.3 Å². The van der Waals surface area contributed by atoms with Gasteiger partial charge in [0.15, 0.2) is 11.6 Å². The predicted molar refractivity (Wildman–Crippen MR) is 128 cm³/mol. The standard InChI is InChI=1S/C21H24Cl2N4O6S/c22-15-5-3-6-16(23)19(15)21(30)25-18-8-7-17-20(24-18)27(10-14(12-29)33-17)34(31,32)26-9-2-1-4-13(26)11-28/h3,5-8,13-14,28-29H,1-2,4,9-12H2,(H,24,25,30)/t13-,14-/m1/s1. The van der Waals surface area contributed by atoms with Crippen LogP contribution in [0.2, 0.25) is 10.0 Å². The number of aliphatic hydroxyl groups is 2. The largest absolute Gasteiger partial charge is 0.482 e. The van der Waals surface area contributed by atoms with Crippen molar-refractivity contribution in [3.05, 3.63) is 45.9 Å². The van der Waals surface area contributed by atoms with Crippen LogP contribution < -0.4 is 14.4 Å². The van der Waals surface area contributed by atoms with Crippen molar-refractivity contribution in [1.29, 1.82) is 0 Å². The Labute approximate surface area is 207 Å². The molecule has 13 heteroatoms. The highest BCUT2D eigenvalue weighted by Gasteiger charge is 2.41. The molecule has 3 N–H and O–H groups in total. The van der Waals surface area contributed by atoms with Gasteiger partial charge in [0.25, 0.3) is 5.91 Å².